The van der Waals surface area contributed by atoms with Gasteiger partial charge in [-0.2, -0.15) is 26.3 Å². The molecule has 0 radical (unpaired) electrons. The van der Waals surface area contributed by atoms with Gasteiger partial charge in [-0.3, -0.25) is 0 Å². The van der Waals surface area contributed by atoms with Crippen LogP contribution >= 0.6 is 0 Å². The fraction of sp³-hybridized carbons (Fsp3) is 0.714. The highest BCUT2D eigenvalue weighted by atomic mass is 32.3. The Bertz CT molecular complexity index is 656. The topological polar surface area (TPSA) is 132 Å². The zero-order valence-corrected chi connectivity index (χ0v) is 12.2. The average molecular weight is 396 g/mol. The number of hydrogen-bond acceptors (Lipinski definition) is 7. The van der Waals surface area contributed by atoms with Gasteiger partial charge in [-0.1, -0.05) is 0 Å². The van der Waals surface area contributed by atoms with Crippen LogP contribution in [0.25, 0.3) is 0 Å². The number of esters is 1. The van der Waals surface area contributed by atoms with Gasteiger partial charge in [-0.15, -0.1) is 0 Å². The summed E-state index contributed by atoms with van der Waals surface area (Å²) in [6.45, 7) is -0.348. The lowest BCUT2D eigenvalue weighted by molar-refractivity contribution is -0.153. The normalized spacial score (nSPS) is 14.4. The van der Waals surface area contributed by atoms with E-state index >= 15 is 0 Å². The molecule has 0 saturated heterocycles. The molecule has 0 aromatic heterocycles. The van der Waals surface area contributed by atoms with Crippen LogP contribution in [0, 0.1) is 0 Å². The van der Waals surface area contributed by atoms with E-state index in [1.54, 1.807) is 0 Å². The summed E-state index contributed by atoms with van der Waals surface area (Å²) in [5.74, 6) is -6.99. The van der Waals surface area contributed by atoms with Crippen LogP contribution in [0.5, 0.6) is 0 Å². The van der Waals surface area contributed by atoms with E-state index in [2.05, 4.69) is 4.74 Å². The molecule has 0 spiro atoms. The summed E-state index contributed by atoms with van der Waals surface area (Å²) in [6, 6.07) is 0. The smallest absolute Gasteiger partial charge is 0.479 e. The van der Waals surface area contributed by atoms with Crippen LogP contribution in [0.3, 0.4) is 0 Å². The van der Waals surface area contributed by atoms with E-state index in [4.69, 9.17) is 5.11 Å². The number of carboxylic acids is 1. The quantitative estimate of drug-likeness (QED) is 0.396. The fourth-order valence-corrected chi connectivity index (χ4v) is 4.62. The Labute approximate surface area is 123 Å². The van der Waals surface area contributed by atoms with Crippen LogP contribution in [0.4, 0.5) is 26.3 Å². The standard InChI is InChI=1S/C7H6F6O8S2/c1-2-21-4(16)5(3(14)15,22(17,18)6(8,9)10)23(19,20)7(11,12)13/h2H2,1H3,(H,14,15). The number of halogens is 6. The minimum atomic E-state index is -7.74. The van der Waals surface area contributed by atoms with E-state index in [9.17, 15) is 52.8 Å². The van der Waals surface area contributed by atoms with Crippen molar-refractivity contribution in [1.29, 1.82) is 0 Å². The lowest BCUT2D eigenvalue weighted by Gasteiger charge is -2.27. The van der Waals surface area contributed by atoms with Gasteiger partial charge >= 0.3 is 27.0 Å². The first-order valence-electron chi connectivity index (χ1n) is 4.95. The van der Waals surface area contributed by atoms with Crippen LogP contribution in [0.15, 0.2) is 0 Å². The van der Waals surface area contributed by atoms with Gasteiger partial charge in [0, 0.05) is 0 Å². The minimum Gasteiger partial charge on any atom is -0.479 e. The number of rotatable bonds is 5. The van der Waals surface area contributed by atoms with Gasteiger partial charge in [0.15, 0.2) is 0 Å². The molecule has 8 nitrogen and oxygen atoms in total. The second-order valence-corrected chi connectivity index (χ2v) is 7.96. The first-order valence-corrected chi connectivity index (χ1v) is 7.92. The van der Waals surface area contributed by atoms with E-state index in [1.807, 2.05) is 0 Å². The molecule has 0 heterocycles. The van der Waals surface area contributed by atoms with Crippen molar-refractivity contribution >= 4 is 31.6 Å². The first-order chi connectivity index (χ1) is 9.92. The van der Waals surface area contributed by atoms with Gasteiger partial charge in [0.1, 0.15) is 0 Å². The maximum atomic E-state index is 12.5. The summed E-state index contributed by atoms with van der Waals surface area (Å²) in [7, 11) is -15.5. The molecule has 0 aliphatic heterocycles. The zero-order chi connectivity index (χ0) is 19.1. The summed E-state index contributed by atoms with van der Waals surface area (Å²) in [6.07, 6.45) is 0. The Morgan fingerprint density at radius 1 is 0.913 bits per heavy atom. The Morgan fingerprint density at radius 2 is 1.22 bits per heavy atom. The molecule has 0 saturated carbocycles. The molecular formula is C7H6F6O8S2. The van der Waals surface area contributed by atoms with E-state index in [1.165, 1.54) is 0 Å². The number of sulfone groups is 2. The largest absolute Gasteiger partial charge is 0.500 e. The molecule has 0 bridgehead atoms. The van der Waals surface area contributed by atoms with Crippen LogP contribution in [0.2, 0.25) is 0 Å². The summed E-state index contributed by atoms with van der Waals surface area (Å²) < 4.78 is 118. The molecule has 0 unspecified atom stereocenters. The van der Waals surface area contributed by atoms with E-state index in [0.29, 0.717) is 0 Å². The Hall–Kier alpha value is -1.58. The minimum absolute atomic E-state index is 0.755. The lowest BCUT2D eigenvalue weighted by atomic mass is 10.4. The maximum Gasteiger partial charge on any atom is 0.500 e. The van der Waals surface area contributed by atoms with E-state index in [-0.39, 0.29) is 0 Å². The lowest BCUT2D eigenvalue weighted by Crippen LogP contribution is -2.65. The second-order valence-electron chi connectivity index (χ2n) is 3.54. The van der Waals surface area contributed by atoms with Crippen LogP contribution in [-0.4, -0.2) is 55.6 Å². The SMILES string of the molecule is CCOC(=O)C(C(=O)O)(S(=O)(=O)C(F)(F)F)S(=O)(=O)C(F)(F)F. The van der Waals surface area contributed by atoms with Crippen molar-refractivity contribution in [3.63, 3.8) is 0 Å². The zero-order valence-electron chi connectivity index (χ0n) is 10.6. The highest BCUT2D eigenvalue weighted by molar-refractivity contribution is 8.13. The number of ether oxygens (including phenoxy) is 1. The van der Waals surface area contributed by atoms with Crippen molar-refractivity contribution < 1.29 is 62.6 Å². The van der Waals surface area contributed by atoms with Crippen molar-refractivity contribution in [2.45, 2.75) is 22.0 Å². The predicted octanol–water partition coefficient (Wildman–Crippen LogP) is 0.200. The molecule has 16 heteroatoms. The maximum absolute atomic E-state index is 12.5. The van der Waals surface area contributed by atoms with Gasteiger partial charge in [0.2, 0.25) is 0 Å². The first kappa shape index (κ1) is 21.4. The monoisotopic (exact) mass is 396 g/mol. The third-order valence-corrected chi connectivity index (χ3v) is 6.92. The molecule has 0 rings (SSSR count). The van der Waals surface area contributed by atoms with Gasteiger partial charge in [-0.05, 0) is 6.92 Å². The summed E-state index contributed by atoms with van der Waals surface area (Å²) in [5, 5.41) is 8.56. The van der Waals surface area contributed by atoms with Crippen molar-refractivity contribution in [3.8, 4) is 0 Å². The van der Waals surface area contributed by atoms with Gasteiger partial charge in [0.25, 0.3) is 19.7 Å². The molecule has 0 amide bonds. The van der Waals surface area contributed by atoms with Gasteiger partial charge in [0.05, 0.1) is 6.61 Å². The Balaban J connectivity index is 7.30. The fourth-order valence-electron chi connectivity index (χ4n) is 1.23. The molecular weight excluding hydrogens is 390 g/mol. The number of hydrogen-bond donors (Lipinski definition) is 1. The number of carbonyl (C=O) groups excluding carboxylic acids is 1. The molecule has 1 N–H and O–H groups in total. The predicted molar refractivity (Wildman–Crippen MR) is 56.9 cm³/mol. The summed E-state index contributed by atoms with van der Waals surface area (Å²) >= 11 is 0. The third kappa shape index (κ3) is 2.84. The van der Waals surface area contributed by atoms with Crippen LogP contribution < -0.4 is 0 Å². The van der Waals surface area contributed by atoms with E-state index < -0.39 is 53.3 Å². The summed E-state index contributed by atoms with van der Waals surface area (Å²) in [5.41, 5.74) is -13.6. The highest BCUT2D eigenvalue weighted by Gasteiger charge is 2.82. The molecule has 23 heavy (non-hydrogen) atoms. The molecule has 0 fully saturated rings. The van der Waals surface area contributed by atoms with Gasteiger partial charge < -0.3 is 9.84 Å². The highest BCUT2D eigenvalue weighted by Crippen LogP contribution is 2.44. The molecule has 0 aromatic carbocycles. The molecule has 136 valence electrons. The number of alkyl halides is 6. The van der Waals surface area contributed by atoms with Crippen molar-refractivity contribution in [1.82, 2.24) is 0 Å². The second kappa shape index (κ2) is 5.81. The molecule has 0 atom stereocenters. The Morgan fingerprint density at radius 3 is 1.39 bits per heavy atom. The van der Waals surface area contributed by atoms with Crippen molar-refractivity contribution in [2.24, 2.45) is 0 Å². The molecule has 0 aliphatic rings. The average Bonchev–Trinajstić information content (AvgIpc) is 2.25. The third-order valence-electron chi connectivity index (χ3n) is 2.19. The number of aliphatic carboxylic acids is 1. The Kier molecular flexibility index (Phi) is 5.41. The molecule has 0 aliphatic carbocycles. The van der Waals surface area contributed by atoms with Crippen molar-refractivity contribution in [3.05, 3.63) is 0 Å². The molecule has 0 aromatic rings. The number of carbonyl (C=O) groups is 2. The van der Waals surface area contributed by atoms with Crippen LogP contribution in [-0.2, 0) is 34.0 Å². The summed E-state index contributed by atoms with van der Waals surface area (Å²) in [4.78, 5) is 22.2. The van der Waals surface area contributed by atoms with E-state index in [0.717, 1.165) is 6.92 Å². The van der Waals surface area contributed by atoms with Crippen LogP contribution in [0.1, 0.15) is 6.92 Å². The van der Waals surface area contributed by atoms with Crippen molar-refractivity contribution in [2.75, 3.05) is 6.61 Å². The van der Waals surface area contributed by atoms with Gasteiger partial charge in [-0.25, -0.2) is 26.4 Å². The number of carboxylic acid groups (broad SMARTS) is 1.